The normalized spacial score (nSPS) is 22.1. The van der Waals surface area contributed by atoms with Gasteiger partial charge in [0.15, 0.2) is 15.7 Å². The molecule has 1 unspecified atom stereocenters. The van der Waals surface area contributed by atoms with Gasteiger partial charge in [0.2, 0.25) is 5.95 Å². The molecule has 50 heavy (non-hydrogen) atoms. The predicted octanol–water partition coefficient (Wildman–Crippen LogP) is 8.72. The van der Waals surface area contributed by atoms with Crippen LogP contribution >= 0.6 is 11.6 Å². The Morgan fingerprint density at radius 3 is 2.32 bits per heavy atom. The largest absolute Gasteiger partial charge is 0.489 e. The van der Waals surface area contributed by atoms with Gasteiger partial charge in [-0.15, -0.1) is 0 Å². The second-order valence-electron chi connectivity index (χ2n) is 15.0. The molecule has 268 valence electrons. The van der Waals surface area contributed by atoms with Crippen LogP contribution in [0.5, 0.6) is 5.75 Å². The minimum Gasteiger partial charge on any atom is -0.489 e. The van der Waals surface area contributed by atoms with Crippen LogP contribution in [0.1, 0.15) is 83.8 Å². The molecule has 2 atom stereocenters. The summed E-state index contributed by atoms with van der Waals surface area (Å²) >= 11 is 6.54. The number of sulfone groups is 1. The van der Waals surface area contributed by atoms with Crippen molar-refractivity contribution in [3.63, 3.8) is 0 Å². The highest BCUT2D eigenvalue weighted by atomic mass is 35.5. The van der Waals surface area contributed by atoms with Crippen LogP contribution in [-0.4, -0.2) is 66.0 Å². The van der Waals surface area contributed by atoms with Crippen molar-refractivity contribution in [2.45, 2.75) is 114 Å². The third-order valence-corrected chi connectivity index (χ3v) is 13.5. The third kappa shape index (κ3) is 7.01. The van der Waals surface area contributed by atoms with Crippen LogP contribution in [0.15, 0.2) is 53.6 Å². The number of nitrogens with one attached hydrogen (secondary N) is 2. The summed E-state index contributed by atoms with van der Waals surface area (Å²) in [5.74, 6) is 2.80. The molecular weight excluding hydrogens is 670 g/mol. The van der Waals surface area contributed by atoms with Crippen LogP contribution in [0.3, 0.4) is 0 Å². The Labute approximate surface area is 302 Å². The number of benzene rings is 2. The lowest BCUT2D eigenvalue weighted by molar-refractivity contribution is -0.116. The lowest BCUT2D eigenvalue weighted by Gasteiger charge is -2.55. The summed E-state index contributed by atoms with van der Waals surface area (Å²) in [4.78, 5) is 12.2. The number of anilines is 4. The molecule has 2 aliphatic heterocycles. The van der Waals surface area contributed by atoms with E-state index in [0.29, 0.717) is 41.5 Å². The topological polar surface area (TPSA) is 106 Å². The molecule has 2 N–H and O–H groups in total. The summed E-state index contributed by atoms with van der Waals surface area (Å²) in [5, 5.41) is 6.23. The monoisotopic (exact) mass is 719 g/mol. The molecule has 3 aromatic rings. The van der Waals surface area contributed by atoms with Gasteiger partial charge in [0.1, 0.15) is 10.8 Å². The van der Waals surface area contributed by atoms with Crippen LogP contribution in [-0.2, 0) is 14.6 Å². The van der Waals surface area contributed by atoms with Gasteiger partial charge in [-0.2, -0.15) is 4.98 Å². The molecular formula is C39H50ClN5O4S. The number of hydrogen-bond acceptors (Lipinski definition) is 9. The molecule has 1 aromatic heterocycles. The van der Waals surface area contributed by atoms with E-state index in [1.165, 1.54) is 55.9 Å². The third-order valence-electron chi connectivity index (χ3n) is 11.0. The highest BCUT2D eigenvalue weighted by Crippen LogP contribution is 2.48. The molecule has 2 saturated carbocycles. The zero-order valence-electron chi connectivity index (χ0n) is 29.8. The molecule has 7 rings (SSSR count). The van der Waals surface area contributed by atoms with Crippen molar-refractivity contribution in [2.75, 3.05) is 23.8 Å². The Balaban J connectivity index is 1.21. The fraction of sp³-hybridized carbons (Fsp3) is 0.538. The summed E-state index contributed by atoms with van der Waals surface area (Å²) in [6.07, 6.45) is 13.0. The van der Waals surface area contributed by atoms with Crippen LogP contribution in [0, 0.1) is 18.8 Å². The Morgan fingerprint density at radius 1 is 0.980 bits per heavy atom. The summed E-state index contributed by atoms with van der Waals surface area (Å²) < 4.78 is 38.4. The number of ether oxygens (including phenoxy) is 2. The number of rotatable bonds is 12. The standard InChI is InChI=1S/C39H50ClN5O4S/c1-23(2)49-36-19-30(28-17-34(26-10-8-11-26)45(29-21-48-22-29)35(18-28)27-12-9-13-27)25(5)16-33(36)43-39-41-20-31(40)38(44-39)42-32-14-6-7-15-37(32)50(46,47)24(3)4/h6-7,14-17,19-20,23-24,26-27,29,34-35H,8-13,18,21-22H2,1-5H3,(H2,41,42,43,44)/t34?,35-/m1/s1. The van der Waals surface area contributed by atoms with Gasteiger partial charge in [0, 0.05) is 12.1 Å². The molecule has 2 aliphatic carbocycles. The lowest BCUT2D eigenvalue weighted by Crippen LogP contribution is -2.62. The molecule has 0 amide bonds. The van der Waals surface area contributed by atoms with Gasteiger partial charge in [0.05, 0.1) is 53.1 Å². The average molecular weight is 720 g/mol. The maximum atomic E-state index is 13.1. The smallest absolute Gasteiger partial charge is 0.229 e. The number of para-hydroxylation sites is 1. The fourth-order valence-corrected chi connectivity index (χ4v) is 9.08. The number of halogens is 1. The van der Waals surface area contributed by atoms with Crippen molar-refractivity contribution in [1.82, 2.24) is 14.9 Å². The fourth-order valence-electron chi connectivity index (χ4n) is 7.74. The summed E-state index contributed by atoms with van der Waals surface area (Å²) in [7, 11) is -3.55. The second kappa shape index (κ2) is 14.4. The van der Waals surface area contributed by atoms with E-state index in [1.54, 1.807) is 38.1 Å². The average Bonchev–Trinajstić information content (AvgIpc) is 2.98. The first kappa shape index (κ1) is 35.2. The van der Waals surface area contributed by atoms with Crippen molar-refractivity contribution in [3.8, 4) is 5.75 Å². The van der Waals surface area contributed by atoms with Crippen molar-refractivity contribution < 1.29 is 17.9 Å². The van der Waals surface area contributed by atoms with Crippen molar-refractivity contribution in [3.05, 3.63) is 64.8 Å². The maximum absolute atomic E-state index is 13.1. The van der Waals surface area contributed by atoms with Gasteiger partial charge >= 0.3 is 0 Å². The first-order chi connectivity index (χ1) is 24.0. The highest BCUT2D eigenvalue weighted by Gasteiger charge is 2.46. The van der Waals surface area contributed by atoms with Crippen LogP contribution in [0.2, 0.25) is 5.02 Å². The first-order valence-electron chi connectivity index (χ1n) is 18.3. The SMILES string of the molecule is Cc1cc(Nc2ncc(Cl)c(Nc3ccccc3S(=O)(=O)C(C)C)n2)c(OC(C)C)cc1C1=CC(C2CCC2)N(C2COC2)[C@@H](C2CCC2)C1. The number of nitrogens with zero attached hydrogens (tertiary/aromatic N) is 3. The maximum Gasteiger partial charge on any atom is 0.229 e. The Hall–Kier alpha value is -3.18. The van der Waals surface area contributed by atoms with Gasteiger partial charge < -0.3 is 20.1 Å². The molecule has 0 radical (unpaired) electrons. The van der Waals surface area contributed by atoms with Crippen molar-refractivity contribution >= 4 is 50.2 Å². The van der Waals surface area contributed by atoms with Gasteiger partial charge in [-0.1, -0.05) is 42.7 Å². The first-order valence-corrected chi connectivity index (χ1v) is 20.2. The van der Waals surface area contributed by atoms with E-state index in [9.17, 15) is 8.42 Å². The quantitative estimate of drug-likeness (QED) is 0.190. The number of hydrogen-bond donors (Lipinski definition) is 2. The molecule has 3 fully saturated rings. The number of aromatic nitrogens is 2. The molecule has 11 heteroatoms. The summed E-state index contributed by atoms with van der Waals surface area (Å²) in [6.45, 7) is 11.3. The summed E-state index contributed by atoms with van der Waals surface area (Å²) in [5.41, 5.74) is 4.99. The molecule has 0 bridgehead atoms. The van der Waals surface area contributed by atoms with Crippen LogP contribution in [0.4, 0.5) is 23.1 Å². The Bertz CT molecular complexity index is 1850. The van der Waals surface area contributed by atoms with Gasteiger partial charge in [-0.05, 0) is 120 Å². The predicted molar refractivity (Wildman–Crippen MR) is 201 cm³/mol. The van der Waals surface area contributed by atoms with Crippen molar-refractivity contribution in [2.24, 2.45) is 11.8 Å². The van der Waals surface area contributed by atoms with E-state index in [4.69, 9.17) is 21.1 Å². The van der Waals surface area contributed by atoms with Crippen LogP contribution < -0.4 is 15.4 Å². The van der Waals surface area contributed by atoms with E-state index in [1.807, 2.05) is 13.8 Å². The lowest BCUT2D eigenvalue weighted by atomic mass is 9.69. The van der Waals surface area contributed by atoms with Gasteiger partial charge in [-0.3, -0.25) is 4.90 Å². The zero-order chi connectivity index (χ0) is 35.2. The minimum atomic E-state index is -3.55. The van der Waals surface area contributed by atoms with E-state index in [-0.39, 0.29) is 16.0 Å². The minimum absolute atomic E-state index is 0.0474. The Kier molecular flexibility index (Phi) is 10.2. The molecule has 3 heterocycles. The number of aryl methyl sites for hydroxylation is 1. The van der Waals surface area contributed by atoms with Crippen LogP contribution in [0.25, 0.3) is 5.57 Å². The Morgan fingerprint density at radius 2 is 1.70 bits per heavy atom. The van der Waals surface area contributed by atoms with E-state index in [0.717, 1.165) is 42.6 Å². The molecule has 4 aliphatic rings. The van der Waals surface area contributed by atoms with Crippen molar-refractivity contribution in [1.29, 1.82) is 0 Å². The molecule has 9 nitrogen and oxygen atoms in total. The second-order valence-corrected chi connectivity index (χ2v) is 17.9. The van der Waals surface area contributed by atoms with Gasteiger partial charge in [0.25, 0.3) is 0 Å². The highest BCUT2D eigenvalue weighted by molar-refractivity contribution is 7.92. The summed E-state index contributed by atoms with van der Waals surface area (Å²) in [6, 6.07) is 12.6. The molecule has 1 saturated heterocycles. The van der Waals surface area contributed by atoms with E-state index >= 15 is 0 Å². The molecule has 2 aromatic carbocycles. The molecule has 0 spiro atoms. The zero-order valence-corrected chi connectivity index (χ0v) is 31.4. The van der Waals surface area contributed by atoms with Gasteiger partial charge in [-0.25, -0.2) is 13.4 Å². The van der Waals surface area contributed by atoms with E-state index < -0.39 is 15.1 Å². The van der Waals surface area contributed by atoms with E-state index in [2.05, 4.69) is 50.6 Å².